The monoisotopic (exact) mass is 239 g/mol. The van der Waals surface area contributed by atoms with Gasteiger partial charge in [-0.3, -0.25) is 0 Å². The lowest BCUT2D eigenvalue weighted by Crippen LogP contribution is -2.39. The highest BCUT2D eigenvalue weighted by Gasteiger charge is 2.35. The van der Waals surface area contributed by atoms with Crippen LogP contribution in [0.4, 0.5) is 8.78 Å². The van der Waals surface area contributed by atoms with Crippen molar-refractivity contribution in [1.82, 2.24) is 0 Å². The highest BCUT2D eigenvalue weighted by Crippen LogP contribution is 2.37. The van der Waals surface area contributed by atoms with Crippen molar-refractivity contribution in [3.05, 3.63) is 35.4 Å². The Bertz CT molecular complexity index is 405. The van der Waals surface area contributed by atoms with E-state index in [0.29, 0.717) is 17.9 Å². The van der Waals surface area contributed by atoms with Crippen LogP contribution in [0.1, 0.15) is 38.2 Å². The molecule has 0 aliphatic heterocycles. The third-order valence-corrected chi connectivity index (χ3v) is 3.90. The van der Waals surface area contributed by atoms with Crippen LogP contribution in [0.25, 0.3) is 0 Å². The molecule has 17 heavy (non-hydrogen) atoms. The van der Waals surface area contributed by atoms with Crippen molar-refractivity contribution in [3.8, 4) is 0 Å². The van der Waals surface area contributed by atoms with E-state index in [2.05, 4.69) is 6.92 Å². The maximum absolute atomic E-state index is 13.6. The second-order valence-electron chi connectivity index (χ2n) is 5.27. The molecule has 1 aromatic carbocycles. The largest absolute Gasteiger partial charge is 0.325 e. The smallest absolute Gasteiger partial charge is 0.162 e. The normalized spacial score (nSPS) is 28.6. The van der Waals surface area contributed by atoms with Crippen LogP contribution in [0.3, 0.4) is 0 Å². The Kier molecular flexibility index (Phi) is 3.48. The van der Waals surface area contributed by atoms with Gasteiger partial charge in [-0.05, 0) is 43.2 Å². The van der Waals surface area contributed by atoms with Gasteiger partial charge >= 0.3 is 0 Å². The highest BCUT2D eigenvalue weighted by atomic mass is 19.2. The topological polar surface area (TPSA) is 26.0 Å². The number of benzene rings is 1. The van der Waals surface area contributed by atoms with Crippen molar-refractivity contribution in [1.29, 1.82) is 0 Å². The standard InChI is InChI=1S/C14H19F2N/c1-2-10-6-7-14(17,8-10)9-11-4-3-5-12(15)13(11)16/h3-5,10H,2,6-9,17H2,1H3. The van der Waals surface area contributed by atoms with Gasteiger partial charge in [0.2, 0.25) is 0 Å². The van der Waals surface area contributed by atoms with Gasteiger partial charge in [-0.2, -0.15) is 0 Å². The number of nitrogens with two attached hydrogens (primary N) is 1. The molecule has 2 unspecified atom stereocenters. The molecule has 1 saturated carbocycles. The number of halogens is 2. The van der Waals surface area contributed by atoms with Crippen LogP contribution >= 0.6 is 0 Å². The highest BCUT2D eigenvalue weighted by molar-refractivity contribution is 5.22. The molecule has 0 saturated heterocycles. The fourth-order valence-corrected chi connectivity index (χ4v) is 2.84. The molecule has 2 rings (SSSR count). The lowest BCUT2D eigenvalue weighted by Gasteiger charge is -2.24. The molecular formula is C14H19F2N. The van der Waals surface area contributed by atoms with E-state index in [1.807, 2.05) is 0 Å². The quantitative estimate of drug-likeness (QED) is 0.859. The van der Waals surface area contributed by atoms with Crippen LogP contribution in [0.5, 0.6) is 0 Å². The zero-order chi connectivity index (χ0) is 12.5. The maximum atomic E-state index is 13.6. The van der Waals surface area contributed by atoms with E-state index in [-0.39, 0.29) is 5.54 Å². The Morgan fingerprint density at radius 2 is 2.18 bits per heavy atom. The first-order chi connectivity index (χ1) is 8.04. The average molecular weight is 239 g/mol. The van der Waals surface area contributed by atoms with Crippen molar-refractivity contribution in [2.75, 3.05) is 0 Å². The number of hydrogen-bond donors (Lipinski definition) is 1. The summed E-state index contributed by atoms with van der Waals surface area (Å²) in [5.74, 6) is -0.884. The SMILES string of the molecule is CCC1CCC(N)(Cc2cccc(F)c2F)C1. The van der Waals surface area contributed by atoms with Crippen molar-refractivity contribution >= 4 is 0 Å². The van der Waals surface area contributed by atoms with Crippen molar-refractivity contribution in [3.63, 3.8) is 0 Å². The molecular weight excluding hydrogens is 220 g/mol. The Balaban J connectivity index is 2.13. The van der Waals surface area contributed by atoms with Crippen LogP contribution < -0.4 is 5.73 Å². The summed E-state index contributed by atoms with van der Waals surface area (Å²) < 4.78 is 26.7. The van der Waals surface area contributed by atoms with Gasteiger partial charge in [0.25, 0.3) is 0 Å². The Morgan fingerprint density at radius 1 is 1.41 bits per heavy atom. The van der Waals surface area contributed by atoms with Crippen LogP contribution in [0.2, 0.25) is 0 Å². The molecule has 0 spiro atoms. The van der Waals surface area contributed by atoms with Crippen LogP contribution in [-0.2, 0) is 6.42 Å². The van der Waals surface area contributed by atoms with Gasteiger partial charge in [-0.15, -0.1) is 0 Å². The predicted molar refractivity (Wildman–Crippen MR) is 64.6 cm³/mol. The molecule has 2 atom stereocenters. The van der Waals surface area contributed by atoms with Crippen molar-refractivity contribution in [2.45, 2.75) is 44.6 Å². The first-order valence-electron chi connectivity index (χ1n) is 6.26. The van der Waals surface area contributed by atoms with Gasteiger partial charge in [0.1, 0.15) is 0 Å². The molecule has 1 nitrogen and oxygen atoms in total. The molecule has 1 aromatic rings. The van der Waals surface area contributed by atoms with Crippen LogP contribution in [0, 0.1) is 17.6 Å². The Labute approximate surface area is 101 Å². The molecule has 0 radical (unpaired) electrons. The molecule has 3 heteroatoms. The Morgan fingerprint density at radius 3 is 2.82 bits per heavy atom. The molecule has 0 aromatic heterocycles. The van der Waals surface area contributed by atoms with E-state index in [9.17, 15) is 8.78 Å². The summed E-state index contributed by atoms with van der Waals surface area (Å²) in [7, 11) is 0. The minimum absolute atomic E-state index is 0.352. The number of hydrogen-bond acceptors (Lipinski definition) is 1. The second kappa shape index (κ2) is 4.73. The minimum Gasteiger partial charge on any atom is -0.325 e. The van der Waals surface area contributed by atoms with E-state index in [1.54, 1.807) is 12.1 Å². The van der Waals surface area contributed by atoms with E-state index in [1.165, 1.54) is 0 Å². The molecule has 94 valence electrons. The zero-order valence-electron chi connectivity index (χ0n) is 10.2. The summed E-state index contributed by atoms with van der Waals surface area (Å²) in [4.78, 5) is 0. The summed E-state index contributed by atoms with van der Waals surface area (Å²) in [6, 6.07) is 4.32. The van der Waals surface area contributed by atoms with Gasteiger partial charge in [0, 0.05) is 5.54 Å². The van der Waals surface area contributed by atoms with E-state index >= 15 is 0 Å². The summed E-state index contributed by atoms with van der Waals surface area (Å²) >= 11 is 0. The van der Waals surface area contributed by atoms with Gasteiger partial charge in [0.15, 0.2) is 11.6 Å². The van der Waals surface area contributed by atoms with E-state index in [0.717, 1.165) is 31.7 Å². The third-order valence-electron chi connectivity index (χ3n) is 3.90. The lowest BCUT2D eigenvalue weighted by molar-refractivity contribution is 0.395. The van der Waals surface area contributed by atoms with Gasteiger partial charge < -0.3 is 5.73 Å². The lowest BCUT2D eigenvalue weighted by atomic mass is 9.88. The second-order valence-corrected chi connectivity index (χ2v) is 5.27. The summed E-state index contributed by atoms with van der Waals surface area (Å²) in [5.41, 5.74) is 6.34. The van der Waals surface area contributed by atoms with Crippen LogP contribution in [-0.4, -0.2) is 5.54 Å². The van der Waals surface area contributed by atoms with E-state index < -0.39 is 11.6 Å². The minimum atomic E-state index is -0.781. The fraction of sp³-hybridized carbons (Fsp3) is 0.571. The fourth-order valence-electron chi connectivity index (χ4n) is 2.84. The average Bonchev–Trinajstić information content (AvgIpc) is 2.67. The van der Waals surface area contributed by atoms with Gasteiger partial charge in [-0.25, -0.2) is 8.78 Å². The van der Waals surface area contributed by atoms with Gasteiger partial charge in [-0.1, -0.05) is 25.5 Å². The van der Waals surface area contributed by atoms with Crippen molar-refractivity contribution < 1.29 is 8.78 Å². The molecule has 0 bridgehead atoms. The summed E-state index contributed by atoms with van der Waals surface area (Å²) in [5, 5.41) is 0. The third kappa shape index (κ3) is 2.65. The molecule has 1 aliphatic carbocycles. The van der Waals surface area contributed by atoms with Crippen LogP contribution in [0.15, 0.2) is 18.2 Å². The molecule has 0 amide bonds. The molecule has 2 N–H and O–H groups in total. The molecule has 1 fully saturated rings. The molecule has 0 heterocycles. The number of rotatable bonds is 3. The van der Waals surface area contributed by atoms with Gasteiger partial charge in [0.05, 0.1) is 0 Å². The molecule has 1 aliphatic rings. The Hall–Kier alpha value is -0.960. The van der Waals surface area contributed by atoms with E-state index in [4.69, 9.17) is 5.73 Å². The first kappa shape index (κ1) is 12.5. The summed E-state index contributed by atoms with van der Waals surface area (Å²) in [6.07, 6.45) is 4.47. The maximum Gasteiger partial charge on any atom is 0.162 e. The first-order valence-corrected chi connectivity index (χ1v) is 6.26. The zero-order valence-corrected chi connectivity index (χ0v) is 10.2. The van der Waals surface area contributed by atoms with Crippen molar-refractivity contribution in [2.24, 2.45) is 11.7 Å². The summed E-state index contributed by atoms with van der Waals surface area (Å²) in [6.45, 7) is 2.15. The predicted octanol–water partition coefficient (Wildman–Crippen LogP) is 3.41.